The van der Waals surface area contributed by atoms with Crippen LogP contribution < -0.4 is 5.32 Å². The first kappa shape index (κ1) is 13.6. The SMILES string of the molecule is C[C@]12COCN1C(=O)C(C(=O)Nc1cccc(F)c1)=C2O. The Morgan fingerprint density at radius 3 is 2.95 bits per heavy atom. The molecule has 0 aliphatic carbocycles. The summed E-state index contributed by atoms with van der Waals surface area (Å²) in [5, 5.41) is 12.6. The molecule has 110 valence electrons. The van der Waals surface area contributed by atoms with Crippen LogP contribution in [0.25, 0.3) is 0 Å². The molecule has 0 bridgehead atoms. The van der Waals surface area contributed by atoms with Gasteiger partial charge in [0, 0.05) is 5.69 Å². The molecule has 2 N–H and O–H groups in total. The summed E-state index contributed by atoms with van der Waals surface area (Å²) in [5.74, 6) is -2.19. The number of fused-ring (bicyclic) bond motifs is 1. The molecule has 0 unspecified atom stereocenters. The van der Waals surface area contributed by atoms with Crippen molar-refractivity contribution in [3.05, 3.63) is 41.4 Å². The van der Waals surface area contributed by atoms with Crippen molar-refractivity contribution in [1.29, 1.82) is 0 Å². The molecule has 7 heteroatoms. The van der Waals surface area contributed by atoms with Crippen molar-refractivity contribution in [3.63, 3.8) is 0 Å². The predicted molar refractivity (Wildman–Crippen MR) is 70.8 cm³/mol. The van der Waals surface area contributed by atoms with Crippen LogP contribution in [0.1, 0.15) is 6.92 Å². The molecule has 0 spiro atoms. The molecule has 2 heterocycles. The van der Waals surface area contributed by atoms with Gasteiger partial charge in [-0.25, -0.2) is 4.39 Å². The maximum Gasteiger partial charge on any atom is 0.265 e. The molecule has 2 aliphatic heterocycles. The lowest BCUT2D eigenvalue weighted by Crippen LogP contribution is -2.42. The number of nitrogens with zero attached hydrogens (tertiary/aromatic N) is 1. The number of nitrogens with one attached hydrogen (secondary N) is 1. The van der Waals surface area contributed by atoms with Crippen LogP contribution in [-0.2, 0) is 14.3 Å². The highest BCUT2D eigenvalue weighted by Crippen LogP contribution is 2.38. The first-order valence-electron chi connectivity index (χ1n) is 6.34. The number of hydrogen-bond acceptors (Lipinski definition) is 4. The molecule has 1 saturated heterocycles. The Morgan fingerprint density at radius 1 is 1.52 bits per heavy atom. The van der Waals surface area contributed by atoms with Gasteiger partial charge in [-0.1, -0.05) is 6.07 Å². The summed E-state index contributed by atoms with van der Waals surface area (Å²) in [6, 6.07) is 5.29. The maximum absolute atomic E-state index is 13.1. The minimum Gasteiger partial charge on any atom is -0.509 e. The highest BCUT2D eigenvalue weighted by atomic mass is 19.1. The van der Waals surface area contributed by atoms with Crippen LogP contribution in [0.4, 0.5) is 10.1 Å². The van der Waals surface area contributed by atoms with Gasteiger partial charge in [0.05, 0.1) is 6.61 Å². The van der Waals surface area contributed by atoms with E-state index in [4.69, 9.17) is 4.74 Å². The van der Waals surface area contributed by atoms with E-state index in [9.17, 15) is 19.1 Å². The van der Waals surface area contributed by atoms with Gasteiger partial charge in [-0.2, -0.15) is 0 Å². The van der Waals surface area contributed by atoms with Crippen molar-refractivity contribution in [2.24, 2.45) is 0 Å². The number of anilines is 1. The standard InChI is InChI=1S/C14H13FN2O4/c1-14-6-21-7-17(14)13(20)10(11(14)18)12(19)16-9-4-2-3-8(15)5-9/h2-5,18H,6-7H2,1H3,(H,16,19)/t14-/m1/s1. The van der Waals surface area contributed by atoms with Crippen LogP contribution in [0.15, 0.2) is 35.6 Å². The van der Waals surface area contributed by atoms with Gasteiger partial charge >= 0.3 is 0 Å². The van der Waals surface area contributed by atoms with E-state index in [0.717, 1.165) is 6.07 Å². The Morgan fingerprint density at radius 2 is 2.29 bits per heavy atom. The third-order valence-electron chi connectivity index (χ3n) is 3.71. The van der Waals surface area contributed by atoms with E-state index in [0.29, 0.717) is 0 Å². The second-order valence-corrected chi connectivity index (χ2v) is 5.17. The summed E-state index contributed by atoms with van der Waals surface area (Å²) in [7, 11) is 0. The number of rotatable bonds is 2. The highest BCUT2D eigenvalue weighted by molar-refractivity contribution is 6.24. The smallest absolute Gasteiger partial charge is 0.265 e. The van der Waals surface area contributed by atoms with Crippen molar-refractivity contribution >= 4 is 17.5 Å². The number of aliphatic hydroxyl groups is 1. The van der Waals surface area contributed by atoms with Gasteiger partial charge < -0.3 is 15.2 Å². The summed E-state index contributed by atoms with van der Waals surface area (Å²) in [6.45, 7) is 1.77. The fourth-order valence-corrected chi connectivity index (χ4v) is 2.51. The molecule has 1 aromatic rings. The summed E-state index contributed by atoms with van der Waals surface area (Å²) >= 11 is 0. The largest absolute Gasteiger partial charge is 0.509 e. The Balaban J connectivity index is 1.89. The summed E-state index contributed by atoms with van der Waals surface area (Å²) < 4.78 is 18.2. The number of hydrogen-bond donors (Lipinski definition) is 2. The van der Waals surface area contributed by atoms with E-state index >= 15 is 0 Å². The van der Waals surface area contributed by atoms with Crippen molar-refractivity contribution < 1.29 is 23.8 Å². The fourth-order valence-electron chi connectivity index (χ4n) is 2.51. The molecule has 6 nitrogen and oxygen atoms in total. The van der Waals surface area contributed by atoms with Crippen molar-refractivity contribution in [3.8, 4) is 0 Å². The van der Waals surface area contributed by atoms with E-state index in [-0.39, 0.29) is 30.4 Å². The monoisotopic (exact) mass is 292 g/mol. The Bertz CT molecular complexity index is 673. The Hall–Kier alpha value is -2.41. The van der Waals surface area contributed by atoms with E-state index in [1.165, 1.54) is 23.1 Å². The number of halogens is 1. The second-order valence-electron chi connectivity index (χ2n) is 5.17. The average Bonchev–Trinajstić information content (AvgIpc) is 2.88. The van der Waals surface area contributed by atoms with Gasteiger partial charge in [-0.3, -0.25) is 14.5 Å². The number of carbonyl (C=O) groups is 2. The molecule has 1 atom stereocenters. The van der Waals surface area contributed by atoms with Gasteiger partial charge in [0.15, 0.2) is 0 Å². The molecule has 2 aliphatic rings. The molecular weight excluding hydrogens is 279 g/mol. The third kappa shape index (κ3) is 1.97. The molecule has 21 heavy (non-hydrogen) atoms. The van der Waals surface area contributed by atoms with Crippen molar-refractivity contribution in [2.75, 3.05) is 18.7 Å². The quantitative estimate of drug-likeness (QED) is 0.802. The van der Waals surface area contributed by atoms with Gasteiger partial charge in [-0.05, 0) is 25.1 Å². The topological polar surface area (TPSA) is 78.9 Å². The van der Waals surface area contributed by atoms with Gasteiger partial charge in [0.2, 0.25) is 0 Å². The molecule has 0 aromatic heterocycles. The highest BCUT2D eigenvalue weighted by Gasteiger charge is 2.54. The fraction of sp³-hybridized carbons (Fsp3) is 0.286. The molecule has 2 amide bonds. The zero-order valence-corrected chi connectivity index (χ0v) is 11.2. The number of benzene rings is 1. The number of aliphatic hydroxyl groups excluding tert-OH is 1. The van der Waals surface area contributed by atoms with Crippen LogP contribution in [0.5, 0.6) is 0 Å². The minimum atomic E-state index is -1.01. The van der Waals surface area contributed by atoms with Crippen LogP contribution in [-0.4, -0.2) is 40.7 Å². The number of ether oxygens (including phenoxy) is 1. The van der Waals surface area contributed by atoms with Crippen LogP contribution in [0.2, 0.25) is 0 Å². The first-order valence-corrected chi connectivity index (χ1v) is 6.34. The van der Waals surface area contributed by atoms with E-state index < -0.39 is 23.2 Å². The minimum absolute atomic E-state index is 0.0239. The lowest BCUT2D eigenvalue weighted by molar-refractivity contribution is -0.130. The molecular formula is C14H13FN2O4. The molecule has 1 aromatic carbocycles. The summed E-state index contributed by atoms with van der Waals surface area (Å²) in [6.07, 6.45) is 0. The molecule has 0 radical (unpaired) electrons. The predicted octanol–water partition coefficient (Wildman–Crippen LogP) is 1.16. The van der Waals surface area contributed by atoms with E-state index in [1.54, 1.807) is 6.92 Å². The van der Waals surface area contributed by atoms with Gasteiger partial charge in [-0.15, -0.1) is 0 Å². The van der Waals surface area contributed by atoms with E-state index in [2.05, 4.69) is 5.32 Å². The first-order chi connectivity index (χ1) is 9.93. The van der Waals surface area contributed by atoms with Crippen molar-refractivity contribution in [2.45, 2.75) is 12.5 Å². The van der Waals surface area contributed by atoms with Crippen LogP contribution in [0, 0.1) is 5.82 Å². The normalized spacial score (nSPS) is 24.5. The zero-order chi connectivity index (χ0) is 15.2. The molecule has 1 fully saturated rings. The average molecular weight is 292 g/mol. The lowest BCUT2D eigenvalue weighted by atomic mass is 10.0. The Labute approximate surface area is 119 Å². The Kier molecular flexibility index (Phi) is 2.94. The number of amides is 2. The summed E-state index contributed by atoms with van der Waals surface area (Å²) in [5.41, 5.74) is -1.13. The maximum atomic E-state index is 13.1. The molecule has 3 rings (SSSR count). The third-order valence-corrected chi connectivity index (χ3v) is 3.71. The van der Waals surface area contributed by atoms with Gasteiger partial charge in [0.1, 0.15) is 29.4 Å². The van der Waals surface area contributed by atoms with Crippen LogP contribution >= 0.6 is 0 Å². The van der Waals surface area contributed by atoms with Crippen molar-refractivity contribution in [1.82, 2.24) is 4.90 Å². The van der Waals surface area contributed by atoms with E-state index in [1.807, 2.05) is 0 Å². The lowest BCUT2D eigenvalue weighted by Gasteiger charge is -2.24. The molecule has 0 saturated carbocycles. The van der Waals surface area contributed by atoms with Gasteiger partial charge in [0.25, 0.3) is 11.8 Å². The zero-order valence-electron chi connectivity index (χ0n) is 11.2. The second kappa shape index (κ2) is 4.56. The number of carbonyl (C=O) groups excluding carboxylic acids is 2. The van der Waals surface area contributed by atoms with Crippen LogP contribution in [0.3, 0.4) is 0 Å². The summed E-state index contributed by atoms with van der Waals surface area (Å²) in [4.78, 5) is 25.7.